The van der Waals surface area contributed by atoms with Crippen LogP contribution in [-0.2, 0) is 16.0 Å². The summed E-state index contributed by atoms with van der Waals surface area (Å²) < 4.78 is 10.4. The number of amides is 1. The number of benzene rings is 1. The van der Waals surface area contributed by atoms with Gasteiger partial charge < -0.3 is 14.2 Å². The number of aromatic nitrogens is 2. The third-order valence-electron chi connectivity index (χ3n) is 3.47. The van der Waals surface area contributed by atoms with Crippen molar-refractivity contribution in [1.82, 2.24) is 15.0 Å². The number of ether oxygens (including phenoxy) is 1. The molecule has 0 spiro atoms. The van der Waals surface area contributed by atoms with E-state index in [2.05, 4.69) is 10.1 Å². The molecule has 1 aliphatic rings. The van der Waals surface area contributed by atoms with Crippen LogP contribution < -0.4 is 0 Å². The highest BCUT2D eigenvalue weighted by atomic mass is 35.5. The summed E-state index contributed by atoms with van der Waals surface area (Å²) in [5.41, 5.74) is 0.794. The second kappa shape index (κ2) is 6.89. The Labute approximate surface area is 133 Å². The van der Waals surface area contributed by atoms with Gasteiger partial charge in [0.25, 0.3) is 0 Å². The van der Waals surface area contributed by atoms with Crippen LogP contribution in [0.3, 0.4) is 0 Å². The Hall–Kier alpha value is -1.92. The monoisotopic (exact) mass is 321 g/mol. The fourth-order valence-electron chi connectivity index (χ4n) is 2.29. The number of carbonyl (C=O) groups excluding carboxylic acids is 1. The predicted octanol–water partition coefficient (Wildman–Crippen LogP) is 2.18. The molecule has 1 fully saturated rings. The van der Waals surface area contributed by atoms with Crippen LogP contribution >= 0.6 is 11.6 Å². The van der Waals surface area contributed by atoms with Gasteiger partial charge in [-0.25, -0.2) is 0 Å². The maximum absolute atomic E-state index is 12.1. The van der Waals surface area contributed by atoms with E-state index in [4.69, 9.17) is 20.9 Å². The quantitative estimate of drug-likeness (QED) is 0.863. The first-order chi connectivity index (χ1) is 10.7. The van der Waals surface area contributed by atoms with Crippen LogP contribution in [0.15, 0.2) is 28.8 Å². The third-order valence-corrected chi connectivity index (χ3v) is 3.70. The van der Waals surface area contributed by atoms with Crippen molar-refractivity contribution in [3.63, 3.8) is 0 Å². The lowest BCUT2D eigenvalue weighted by atomic mass is 10.2. The molecule has 2 heterocycles. The number of hydrogen-bond acceptors (Lipinski definition) is 5. The van der Waals surface area contributed by atoms with Crippen molar-refractivity contribution < 1.29 is 14.1 Å². The minimum atomic E-state index is 0.0887. The number of halogens is 1. The molecule has 2 aromatic rings. The molecule has 0 radical (unpaired) electrons. The Morgan fingerprint density at radius 3 is 2.91 bits per heavy atom. The van der Waals surface area contributed by atoms with Crippen molar-refractivity contribution in [2.45, 2.75) is 12.8 Å². The molecule has 0 unspecified atom stereocenters. The lowest BCUT2D eigenvalue weighted by Gasteiger charge is -2.26. The zero-order valence-corrected chi connectivity index (χ0v) is 12.8. The lowest BCUT2D eigenvalue weighted by molar-refractivity contribution is -0.135. The Kier molecular flexibility index (Phi) is 4.70. The van der Waals surface area contributed by atoms with E-state index in [1.54, 1.807) is 17.0 Å². The van der Waals surface area contributed by atoms with E-state index in [1.807, 2.05) is 12.1 Å². The first kappa shape index (κ1) is 15.0. The summed E-state index contributed by atoms with van der Waals surface area (Å²) in [5, 5.41) is 4.55. The number of carbonyl (C=O) groups is 1. The Bertz CT molecular complexity index is 653. The van der Waals surface area contributed by atoms with Crippen LogP contribution in [0.5, 0.6) is 0 Å². The third kappa shape index (κ3) is 3.64. The van der Waals surface area contributed by atoms with Crippen molar-refractivity contribution >= 4 is 17.5 Å². The lowest BCUT2D eigenvalue weighted by Crippen LogP contribution is -2.40. The maximum atomic E-state index is 12.1. The van der Waals surface area contributed by atoms with E-state index in [0.717, 1.165) is 5.56 Å². The zero-order valence-electron chi connectivity index (χ0n) is 12.0. The average molecular weight is 322 g/mol. The molecule has 116 valence electrons. The zero-order chi connectivity index (χ0) is 15.4. The summed E-state index contributed by atoms with van der Waals surface area (Å²) in [7, 11) is 0. The van der Waals surface area contributed by atoms with Gasteiger partial charge in [-0.05, 0) is 12.1 Å². The topological polar surface area (TPSA) is 68.5 Å². The molecule has 0 aliphatic carbocycles. The summed E-state index contributed by atoms with van der Waals surface area (Å²) in [5.74, 6) is 1.03. The van der Waals surface area contributed by atoms with Crippen molar-refractivity contribution in [1.29, 1.82) is 0 Å². The minimum Gasteiger partial charge on any atom is -0.378 e. The predicted molar refractivity (Wildman–Crippen MR) is 80.5 cm³/mol. The van der Waals surface area contributed by atoms with Gasteiger partial charge in [-0.2, -0.15) is 4.98 Å². The molecule has 1 saturated heterocycles. The molecule has 1 amide bonds. The van der Waals surface area contributed by atoms with Crippen molar-refractivity contribution in [2.24, 2.45) is 0 Å². The van der Waals surface area contributed by atoms with E-state index in [1.165, 1.54) is 0 Å². The van der Waals surface area contributed by atoms with E-state index >= 15 is 0 Å². The van der Waals surface area contributed by atoms with Gasteiger partial charge in [0, 0.05) is 36.5 Å². The molecule has 1 aliphatic heterocycles. The van der Waals surface area contributed by atoms with Gasteiger partial charge in [-0.1, -0.05) is 28.9 Å². The van der Waals surface area contributed by atoms with Crippen LogP contribution in [0.1, 0.15) is 12.3 Å². The number of aryl methyl sites for hydroxylation is 1. The van der Waals surface area contributed by atoms with E-state index in [-0.39, 0.29) is 5.91 Å². The summed E-state index contributed by atoms with van der Waals surface area (Å²) in [4.78, 5) is 18.2. The number of hydrogen-bond donors (Lipinski definition) is 0. The van der Waals surface area contributed by atoms with E-state index < -0.39 is 0 Å². The van der Waals surface area contributed by atoms with Gasteiger partial charge >= 0.3 is 0 Å². The SMILES string of the molecule is O=C(CCc1nc(-c2cccc(Cl)c2)no1)N1CCOCC1. The summed E-state index contributed by atoms with van der Waals surface area (Å²) in [6.07, 6.45) is 0.793. The molecule has 0 N–H and O–H groups in total. The highest BCUT2D eigenvalue weighted by molar-refractivity contribution is 6.30. The second-order valence-corrected chi connectivity index (χ2v) is 5.45. The fraction of sp³-hybridized carbons (Fsp3) is 0.400. The molecule has 7 heteroatoms. The van der Waals surface area contributed by atoms with Crippen molar-refractivity contribution in [3.8, 4) is 11.4 Å². The molecule has 0 bridgehead atoms. The van der Waals surface area contributed by atoms with Crippen LogP contribution in [0.25, 0.3) is 11.4 Å². The summed E-state index contributed by atoms with van der Waals surface area (Å²) >= 11 is 5.94. The molecule has 22 heavy (non-hydrogen) atoms. The molecule has 0 saturated carbocycles. The van der Waals surface area contributed by atoms with Crippen LogP contribution in [0.2, 0.25) is 5.02 Å². The van der Waals surface area contributed by atoms with Gasteiger partial charge in [0.2, 0.25) is 17.6 Å². The van der Waals surface area contributed by atoms with Gasteiger partial charge in [-0.15, -0.1) is 0 Å². The van der Waals surface area contributed by atoms with Crippen LogP contribution in [0, 0.1) is 0 Å². The maximum Gasteiger partial charge on any atom is 0.227 e. The standard InChI is InChI=1S/C15H16ClN3O3/c16-12-3-1-2-11(10-12)15-17-13(22-18-15)4-5-14(20)19-6-8-21-9-7-19/h1-3,10H,4-9H2. The molecule has 1 aromatic carbocycles. The normalized spacial score (nSPS) is 15.0. The highest BCUT2D eigenvalue weighted by Gasteiger charge is 2.18. The molecule has 6 nitrogen and oxygen atoms in total. The second-order valence-electron chi connectivity index (χ2n) is 5.02. The molecular weight excluding hydrogens is 306 g/mol. The van der Waals surface area contributed by atoms with Crippen molar-refractivity contribution in [2.75, 3.05) is 26.3 Å². The van der Waals surface area contributed by atoms with Gasteiger partial charge in [-0.3, -0.25) is 4.79 Å². The Morgan fingerprint density at radius 1 is 1.32 bits per heavy atom. The first-order valence-corrected chi connectivity index (χ1v) is 7.54. The van der Waals surface area contributed by atoms with Gasteiger partial charge in [0.15, 0.2) is 0 Å². The summed E-state index contributed by atoms with van der Waals surface area (Å²) in [6.45, 7) is 2.50. The van der Waals surface area contributed by atoms with Gasteiger partial charge in [0.1, 0.15) is 0 Å². The van der Waals surface area contributed by atoms with Gasteiger partial charge in [0.05, 0.1) is 13.2 Å². The largest absolute Gasteiger partial charge is 0.378 e. The fourth-order valence-corrected chi connectivity index (χ4v) is 2.48. The van der Waals surface area contributed by atoms with Crippen molar-refractivity contribution in [3.05, 3.63) is 35.2 Å². The molecule has 1 aromatic heterocycles. The number of rotatable bonds is 4. The van der Waals surface area contributed by atoms with E-state index in [0.29, 0.717) is 55.9 Å². The minimum absolute atomic E-state index is 0.0887. The smallest absolute Gasteiger partial charge is 0.227 e. The Morgan fingerprint density at radius 2 is 2.14 bits per heavy atom. The number of nitrogens with zero attached hydrogens (tertiary/aromatic N) is 3. The Balaban J connectivity index is 1.59. The summed E-state index contributed by atoms with van der Waals surface area (Å²) in [6, 6.07) is 7.25. The van der Waals surface area contributed by atoms with Crippen LogP contribution in [-0.4, -0.2) is 47.3 Å². The van der Waals surface area contributed by atoms with Crippen LogP contribution in [0.4, 0.5) is 0 Å². The molecule has 0 atom stereocenters. The molecule has 3 rings (SSSR count). The van der Waals surface area contributed by atoms with E-state index in [9.17, 15) is 4.79 Å². The first-order valence-electron chi connectivity index (χ1n) is 7.16. The highest BCUT2D eigenvalue weighted by Crippen LogP contribution is 2.20. The average Bonchev–Trinajstić information content (AvgIpc) is 3.02. The molecular formula is C15H16ClN3O3. The number of morpholine rings is 1.